The zero-order valence-electron chi connectivity index (χ0n) is 8.25. The van der Waals surface area contributed by atoms with Gasteiger partial charge in [-0.05, 0) is 26.7 Å². The lowest BCUT2D eigenvalue weighted by atomic mass is 10.1. The highest BCUT2D eigenvalue weighted by molar-refractivity contribution is 9.09. The third-order valence-corrected chi connectivity index (χ3v) is 5.70. The Morgan fingerprint density at radius 3 is 2.15 bits per heavy atom. The Labute approximate surface area is 88.7 Å². The van der Waals surface area contributed by atoms with E-state index in [4.69, 9.17) is 0 Å². The highest BCUT2D eigenvalue weighted by atomic mass is 79.9. The second-order valence-electron chi connectivity index (χ2n) is 4.45. The van der Waals surface area contributed by atoms with Crippen molar-refractivity contribution in [3.8, 4) is 0 Å². The van der Waals surface area contributed by atoms with Crippen LogP contribution in [0.25, 0.3) is 0 Å². The van der Waals surface area contributed by atoms with Gasteiger partial charge in [0.25, 0.3) is 0 Å². The van der Waals surface area contributed by atoms with Crippen molar-refractivity contribution in [2.45, 2.75) is 25.5 Å². The molecule has 0 bridgehead atoms. The van der Waals surface area contributed by atoms with Crippen LogP contribution in [0.1, 0.15) is 20.8 Å². The summed E-state index contributed by atoms with van der Waals surface area (Å²) in [7, 11) is -3.07. The maximum Gasteiger partial charge on any atom is 0.219 e. The molecule has 0 radical (unpaired) electrons. The quantitative estimate of drug-likeness (QED) is 0.712. The van der Waals surface area contributed by atoms with Gasteiger partial charge in [0.05, 0.1) is 4.75 Å². The minimum atomic E-state index is -3.07. The molecule has 0 atom stereocenters. The van der Waals surface area contributed by atoms with Gasteiger partial charge in [-0.2, -0.15) is 0 Å². The maximum atomic E-state index is 11.8. The molecule has 78 valence electrons. The second kappa shape index (κ2) is 3.51. The van der Waals surface area contributed by atoms with Gasteiger partial charge in [0.2, 0.25) is 10.0 Å². The summed E-state index contributed by atoms with van der Waals surface area (Å²) in [6, 6.07) is 0. The Bertz CT molecular complexity index is 275. The Kier molecular flexibility index (Phi) is 3.10. The van der Waals surface area contributed by atoms with E-state index < -0.39 is 14.8 Å². The monoisotopic (exact) mass is 269 g/mol. The number of hydrogen-bond donors (Lipinski definition) is 0. The second-order valence-corrected chi connectivity index (χ2v) is 7.79. The van der Waals surface area contributed by atoms with E-state index >= 15 is 0 Å². The van der Waals surface area contributed by atoms with Gasteiger partial charge in [0, 0.05) is 18.4 Å². The molecular weight excluding hydrogens is 254 g/mol. The number of nitrogens with zero attached hydrogens (tertiary/aromatic N) is 1. The van der Waals surface area contributed by atoms with Gasteiger partial charge in [-0.15, -0.1) is 0 Å². The van der Waals surface area contributed by atoms with Crippen LogP contribution in [0.4, 0.5) is 0 Å². The van der Waals surface area contributed by atoms with Crippen LogP contribution in [0.2, 0.25) is 0 Å². The smallest absolute Gasteiger partial charge is 0.212 e. The minimum absolute atomic E-state index is 0.497. The Balaban J connectivity index is 2.66. The number of hydrogen-bond acceptors (Lipinski definition) is 2. The molecule has 1 rings (SSSR count). The van der Waals surface area contributed by atoms with Crippen molar-refractivity contribution in [2.75, 3.05) is 18.4 Å². The summed E-state index contributed by atoms with van der Waals surface area (Å²) >= 11 is 3.35. The fraction of sp³-hybridized carbons (Fsp3) is 1.00. The van der Waals surface area contributed by atoms with Crippen LogP contribution in [0.3, 0.4) is 0 Å². The van der Waals surface area contributed by atoms with Gasteiger partial charge in [0.15, 0.2) is 0 Å². The summed E-state index contributed by atoms with van der Waals surface area (Å²) in [5.74, 6) is 0.497. The van der Waals surface area contributed by atoms with E-state index in [9.17, 15) is 8.42 Å². The molecular formula is C8H16BrNO2S. The lowest BCUT2D eigenvalue weighted by molar-refractivity contribution is 0.218. The summed E-state index contributed by atoms with van der Waals surface area (Å²) in [6.45, 7) is 6.56. The Morgan fingerprint density at radius 1 is 1.38 bits per heavy atom. The molecule has 1 fully saturated rings. The molecule has 1 saturated heterocycles. The molecule has 3 nitrogen and oxygen atoms in total. The van der Waals surface area contributed by atoms with Gasteiger partial charge < -0.3 is 0 Å². The zero-order chi connectivity index (χ0) is 10.3. The van der Waals surface area contributed by atoms with E-state index in [1.807, 2.05) is 0 Å². The summed E-state index contributed by atoms with van der Waals surface area (Å²) in [6.07, 6.45) is 0. The number of rotatable bonds is 2. The van der Waals surface area contributed by atoms with E-state index in [2.05, 4.69) is 15.9 Å². The van der Waals surface area contributed by atoms with Crippen LogP contribution in [0, 0.1) is 5.92 Å². The largest absolute Gasteiger partial charge is 0.219 e. The van der Waals surface area contributed by atoms with Gasteiger partial charge in [-0.25, -0.2) is 12.7 Å². The van der Waals surface area contributed by atoms with Crippen molar-refractivity contribution >= 4 is 26.0 Å². The molecule has 0 spiro atoms. The first-order valence-corrected chi connectivity index (χ1v) is 6.91. The van der Waals surface area contributed by atoms with Crippen LogP contribution in [-0.2, 0) is 10.0 Å². The van der Waals surface area contributed by atoms with Crippen molar-refractivity contribution < 1.29 is 8.42 Å². The molecule has 0 aromatic carbocycles. The van der Waals surface area contributed by atoms with E-state index in [1.165, 1.54) is 0 Å². The average Bonchev–Trinajstić information content (AvgIpc) is 1.81. The molecule has 0 unspecified atom stereocenters. The summed E-state index contributed by atoms with van der Waals surface area (Å²) in [5, 5.41) is 0.892. The normalized spacial score (nSPS) is 21.5. The first kappa shape index (κ1) is 11.5. The van der Waals surface area contributed by atoms with Gasteiger partial charge in [-0.3, -0.25) is 0 Å². The zero-order valence-corrected chi connectivity index (χ0v) is 10.7. The van der Waals surface area contributed by atoms with Crippen molar-refractivity contribution in [1.82, 2.24) is 4.31 Å². The fourth-order valence-corrected chi connectivity index (χ4v) is 3.20. The summed E-state index contributed by atoms with van der Waals surface area (Å²) in [5.41, 5.74) is 0. The molecule has 1 heterocycles. The van der Waals surface area contributed by atoms with Crippen molar-refractivity contribution in [3.05, 3.63) is 0 Å². The lowest BCUT2D eigenvalue weighted by Crippen LogP contribution is -2.55. The maximum absolute atomic E-state index is 11.8. The van der Waals surface area contributed by atoms with Gasteiger partial charge in [0.1, 0.15) is 0 Å². The number of alkyl halides is 1. The van der Waals surface area contributed by atoms with E-state index in [0.717, 1.165) is 5.33 Å². The van der Waals surface area contributed by atoms with Crippen molar-refractivity contribution in [1.29, 1.82) is 0 Å². The molecule has 5 heteroatoms. The molecule has 13 heavy (non-hydrogen) atoms. The molecule has 0 aromatic heterocycles. The van der Waals surface area contributed by atoms with Crippen LogP contribution in [0.15, 0.2) is 0 Å². The molecule has 0 N–H and O–H groups in total. The summed E-state index contributed by atoms with van der Waals surface area (Å²) < 4.78 is 24.5. The standard InChI is InChI=1S/C8H16BrNO2S/c1-8(2,3)13(11,12)10-5-7(4-9)6-10/h7H,4-6H2,1-3H3. The average molecular weight is 270 g/mol. The van der Waals surface area contributed by atoms with Gasteiger partial charge in [-0.1, -0.05) is 15.9 Å². The number of sulfonamides is 1. The Morgan fingerprint density at radius 2 is 1.85 bits per heavy atom. The predicted molar refractivity (Wildman–Crippen MR) is 57.5 cm³/mol. The molecule has 0 aliphatic carbocycles. The van der Waals surface area contributed by atoms with Crippen LogP contribution in [0.5, 0.6) is 0 Å². The van der Waals surface area contributed by atoms with Crippen molar-refractivity contribution in [2.24, 2.45) is 5.92 Å². The van der Waals surface area contributed by atoms with Gasteiger partial charge >= 0.3 is 0 Å². The first-order chi connectivity index (χ1) is 5.79. The van der Waals surface area contributed by atoms with Crippen molar-refractivity contribution in [3.63, 3.8) is 0 Å². The summed E-state index contributed by atoms with van der Waals surface area (Å²) in [4.78, 5) is 0. The highest BCUT2D eigenvalue weighted by Crippen LogP contribution is 2.28. The fourth-order valence-electron chi connectivity index (χ4n) is 1.20. The Hall–Kier alpha value is 0.390. The molecule has 1 aliphatic rings. The highest BCUT2D eigenvalue weighted by Gasteiger charge is 2.41. The third kappa shape index (κ3) is 2.07. The van der Waals surface area contributed by atoms with Crippen LogP contribution in [-0.4, -0.2) is 35.9 Å². The topological polar surface area (TPSA) is 37.4 Å². The third-order valence-electron chi connectivity index (χ3n) is 2.26. The predicted octanol–water partition coefficient (Wildman–Crippen LogP) is 1.44. The van der Waals surface area contributed by atoms with E-state index in [0.29, 0.717) is 19.0 Å². The first-order valence-electron chi connectivity index (χ1n) is 4.34. The molecule has 0 aromatic rings. The SMILES string of the molecule is CC(C)(C)S(=O)(=O)N1CC(CBr)C1. The minimum Gasteiger partial charge on any atom is -0.212 e. The van der Waals surface area contributed by atoms with Crippen LogP contribution < -0.4 is 0 Å². The lowest BCUT2D eigenvalue weighted by Gasteiger charge is -2.40. The number of halogens is 1. The van der Waals surface area contributed by atoms with E-state index in [1.54, 1.807) is 25.1 Å². The molecule has 0 saturated carbocycles. The molecule has 0 amide bonds. The van der Waals surface area contributed by atoms with E-state index in [-0.39, 0.29) is 0 Å². The van der Waals surface area contributed by atoms with Crippen LogP contribution >= 0.6 is 15.9 Å². The molecule has 1 aliphatic heterocycles.